The number of aromatic nitrogens is 2. The van der Waals surface area contributed by atoms with Crippen LogP contribution in [0.4, 0.5) is 5.69 Å². The average molecular weight is 380 g/mol. The van der Waals surface area contributed by atoms with Crippen molar-refractivity contribution in [3.05, 3.63) is 71.6 Å². The summed E-state index contributed by atoms with van der Waals surface area (Å²) in [6.45, 7) is 0. The summed E-state index contributed by atoms with van der Waals surface area (Å²) in [6.07, 6.45) is 1.82. The molecule has 4 aromatic rings. The Morgan fingerprint density at radius 3 is 2.65 bits per heavy atom. The van der Waals surface area contributed by atoms with Gasteiger partial charge in [-0.2, -0.15) is 0 Å². The molecule has 0 aliphatic carbocycles. The lowest BCUT2D eigenvalue weighted by Crippen LogP contribution is -2.00. The fourth-order valence-corrected chi connectivity index (χ4v) is 4.22. The van der Waals surface area contributed by atoms with Crippen molar-refractivity contribution >= 4 is 50.7 Å². The van der Waals surface area contributed by atoms with Crippen molar-refractivity contribution in [2.45, 2.75) is 17.7 Å². The fourth-order valence-electron chi connectivity index (χ4n) is 3.12. The smallest absolute Gasteiger partial charge is 0.223 e. The Hall–Kier alpha value is -2.30. The molecule has 0 amide bonds. The molecule has 4 rings (SSSR count). The zero-order valence-electron chi connectivity index (χ0n) is 14.2. The van der Waals surface area contributed by atoms with Crippen molar-refractivity contribution in [3.63, 3.8) is 0 Å². The number of anilines is 1. The summed E-state index contributed by atoms with van der Waals surface area (Å²) in [5, 5.41) is 3.75. The monoisotopic (exact) mass is 379 g/mol. The number of hydrogen-bond donors (Lipinski definition) is 1. The van der Waals surface area contributed by atoms with Crippen LogP contribution in [0, 0.1) is 0 Å². The first kappa shape index (κ1) is 17.1. The van der Waals surface area contributed by atoms with Gasteiger partial charge in [0, 0.05) is 16.0 Å². The van der Waals surface area contributed by atoms with E-state index in [9.17, 15) is 0 Å². The van der Waals surface area contributed by atoms with Crippen molar-refractivity contribution in [2.24, 2.45) is 0 Å². The Morgan fingerprint density at radius 1 is 0.923 bits per heavy atom. The molecule has 0 unspecified atom stereocenters. The SMILES string of the molecule is Nc1cccc2nc(Cl)nc(CCCSc3ccc4ccccc4c3)c12. The van der Waals surface area contributed by atoms with Crippen molar-refractivity contribution in [1.82, 2.24) is 9.97 Å². The van der Waals surface area contributed by atoms with Gasteiger partial charge in [-0.15, -0.1) is 11.8 Å². The molecule has 26 heavy (non-hydrogen) atoms. The van der Waals surface area contributed by atoms with Crippen LogP contribution in [0.15, 0.2) is 65.6 Å². The van der Waals surface area contributed by atoms with E-state index < -0.39 is 0 Å². The molecule has 1 aromatic heterocycles. The van der Waals surface area contributed by atoms with E-state index in [1.165, 1.54) is 15.7 Å². The Morgan fingerprint density at radius 2 is 1.77 bits per heavy atom. The molecule has 3 nitrogen and oxygen atoms in total. The second-order valence-electron chi connectivity index (χ2n) is 6.14. The minimum atomic E-state index is 0.278. The van der Waals surface area contributed by atoms with Gasteiger partial charge in [-0.25, -0.2) is 9.97 Å². The normalized spacial score (nSPS) is 11.3. The molecular formula is C21H18ClN3S. The van der Waals surface area contributed by atoms with Gasteiger partial charge in [-0.1, -0.05) is 36.4 Å². The molecule has 5 heteroatoms. The molecule has 0 spiro atoms. The predicted molar refractivity (Wildman–Crippen MR) is 112 cm³/mol. The number of nitrogens with two attached hydrogens (primary N) is 1. The Balaban J connectivity index is 1.45. The molecule has 3 aromatic carbocycles. The largest absolute Gasteiger partial charge is 0.398 e. The van der Waals surface area contributed by atoms with E-state index in [2.05, 4.69) is 52.4 Å². The van der Waals surface area contributed by atoms with Gasteiger partial charge in [0.05, 0.1) is 11.2 Å². The maximum atomic E-state index is 6.13. The molecule has 0 saturated heterocycles. The fraction of sp³-hybridized carbons (Fsp3) is 0.143. The first-order valence-electron chi connectivity index (χ1n) is 8.53. The van der Waals surface area contributed by atoms with Crippen LogP contribution in [0.3, 0.4) is 0 Å². The highest BCUT2D eigenvalue weighted by atomic mass is 35.5. The summed E-state index contributed by atoms with van der Waals surface area (Å²) < 4.78 is 0. The van der Waals surface area contributed by atoms with E-state index in [1.54, 1.807) is 0 Å². The van der Waals surface area contributed by atoms with Crippen LogP contribution in [0.1, 0.15) is 12.1 Å². The minimum absolute atomic E-state index is 0.278. The number of thioether (sulfide) groups is 1. The molecule has 0 atom stereocenters. The Kier molecular flexibility index (Phi) is 4.96. The minimum Gasteiger partial charge on any atom is -0.398 e. The van der Waals surface area contributed by atoms with Gasteiger partial charge in [0.1, 0.15) is 0 Å². The standard InChI is InChI=1S/C21H18ClN3S/c22-21-24-18-8-3-7-17(23)20(18)19(25-21)9-4-12-26-16-11-10-14-5-1-2-6-15(14)13-16/h1-3,5-8,10-11,13H,4,9,12,23H2. The number of aryl methyl sites for hydroxylation is 1. The first-order chi connectivity index (χ1) is 12.7. The lowest BCUT2D eigenvalue weighted by Gasteiger charge is -2.08. The lowest BCUT2D eigenvalue weighted by atomic mass is 10.1. The summed E-state index contributed by atoms with van der Waals surface area (Å²) in [6, 6.07) is 20.7. The number of nitrogen functional groups attached to an aromatic ring is 1. The maximum Gasteiger partial charge on any atom is 0.223 e. The van der Waals surface area contributed by atoms with Crippen LogP contribution in [0.2, 0.25) is 5.28 Å². The molecule has 0 bridgehead atoms. The summed E-state index contributed by atoms with van der Waals surface area (Å²) in [5.41, 5.74) is 8.57. The zero-order valence-corrected chi connectivity index (χ0v) is 15.7. The van der Waals surface area contributed by atoms with Gasteiger partial charge in [-0.05, 0) is 65.2 Å². The van der Waals surface area contributed by atoms with Crippen LogP contribution in [0.5, 0.6) is 0 Å². The van der Waals surface area contributed by atoms with Crippen LogP contribution in [0.25, 0.3) is 21.7 Å². The third-order valence-electron chi connectivity index (χ3n) is 4.35. The highest BCUT2D eigenvalue weighted by molar-refractivity contribution is 7.99. The molecule has 0 aliphatic heterocycles. The predicted octanol–water partition coefficient (Wildman–Crippen LogP) is 5.74. The van der Waals surface area contributed by atoms with Gasteiger partial charge in [-0.3, -0.25) is 0 Å². The van der Waals surface area contributed by atoms with E-state index in [1.807, 2.05) is 30.0 Å². The number of halogens is 1. The number of rotatable bonds is 5. The topological polar surface area (TPSA) is 51.8 Å². The van der Waals surface area contributed by atoms with Crippen LogP contribution in [-0.4, -0.2) is 15.7 Å². The summed E-state index contributed by atoms with van der Waals surface area (Å²) >= 11 is 7.93. The lowest BCUT2D eigenvalue weighted by molar-refractivity contribution is 0.896. The quantitative estimate of drug-likeness (QED) is 0.208. The first-order valence-corrected chi connectivity index (χ1v) is 9.89. The highest BCUT2D eigenvalue weighted by Gasteiger charge is 2.09. The summed E-state index contributed by atoms with van der Waals surface area (Å²) in [7, 11) is 0. The van der Waals surface area contributed by atoms with Crippen molar-refractivity contribution < 1.29 is 0 Å². The third-order valence-corrected chi connectivity index (χ3v) is 5.60. The number of fused-ring (bicyclic) bond motifs is 2. The van der Waals surface area contributed by atoms with Crippen LogP contribution in [-0.2, 0) is 6.42 Å². The van der Waals surface area contributed by atoms with Crippen molar-refractivity contribution in [2.75, 3.05) is 11.5 Å². The van der Waals surface area contributed by atoms with Crippen LogP contribution < -0.4 is 5.73 Å². The molecule has 0 saturated carbocycles. The van der Waals surface area contributed by atoms with Crippen molar-refractivity contribution in [1.29, 1.82) is 0 Å². The number of nitrogens with zero attached hydrogens (tertiary/aromatic N) is 2. The molecule has 1 heterocycles. The molecule has 0 radical (unpaired) electrons. The molecule has 0 aliphatic rings. The van der Waals surface area contributed by atoms with E-state index in [4.69, 9.17) is 17.3 Å². The second kappa shape index (κ2) is 7.52. The van der Waals surface area contributed by atoms with Gasteiger partial charge in [0.2, 0.25) is 5.28 Å². The van der Waals surface area contributed by atoms with Gasteiger partial charge >= 0.3 is 0 Å². The Labute approximate surface area is 161 Å². The molecular weight excluding hydrogens is 362 g/mol. The van der Waals surface area contributed by atoms with E-state index >= 15 is 0 Å². The highest BCUT2D eigenvalue weighted by Crippen LogP contribution is 2.27. The average Bonchev–Trinajstić information content (AvgIpc) is 2.65. The molecule has 130 valence electrons. The number of benzene rings is 3. The third kappa shape index (κ3) is 3.62. The number of hydrogen-bond acceptors (Lipinski definition) is 4. The van der Waals surface area contributed by atoms with Gasteiger partial charge < -0.3 is 5.73 Å². The summed E-state index contributed by atoms with van der Waals surface area (Å²) in [5.74, 6) is 1.01. The van der Waals surface area contributed by atoms with Gasteiger partial charge in [0.15, 0.2) is 0 Å². The van der Waals surface area contributed by atoms with E-state index in [-0.39, 0.29) is 5.28 Å². The second-order valence-corrected chi connectivity index (χ2v) is 7.65. The Bertz CT molecular complexity index is 1080. The maximum absolute atomic E-state index is 6.13. The van der Waals surface area contributed by atoms with E-state index in [0.29, 0.717) is 5.69 Å². The summed E-state index contributed by atoms with van der Waals surface area (Å²) in [4.78, 5) is 9.97. The molecule has 2 N–H and O–H groups in total. The van der Waals surface area contributed by atoms with Crippen LogP contribution >= 0.6 is 23.4 Å². The molecule has 0 fully saturated rings. The van der Waals surface area contributed by atoms with Gasteiger partial charge in [0.25, 0.3) is 0 Å². The zero-order chi connectivity index (χ0) is 17.9. The van der Waals surface area contributed by atoms with Crippen molar-refractivity contribution in [3.8, 4) is 0 Å². The van der Waals surface area contributed by atoms with E-state index in [0.717, 1.165) is 35.2 Å².